The van der Waals surface area contributed by atoms with Crippen molar-refractivity contribution in [3.05, 3.63) is 51.4 Å². The lowest BCUT2D eigenvalue weighted by Crippen LogP contribution is -2.18. The molecule has 17 heavy (non-hydrogen) atoms. The van der Waals surface area contributed by atoms with Crippen LogP contribution >= 0.6 is 0 Å². The number of hydrogen-bond acceptors (Lipinski definition) is 1. The Balaban J connectivity index is 2.20. The molecular formula is C14H16N2O. The Morgan fingerprint density at radius 3 is 2.71 bits per heavy atom. The van der Waals surface area contributed by atoms with Crippen LogP contribution in [-0.2, 0) is 12.8 Å². The molecule has 88 valence electrons. The van der Waals surface area contributed by atoms with E-state index in [-0.39, 0.29) is 5.56 Å². The van der Waals surface area contributed by atoms with Gasteiger partial charge in [-0.25, -0.2) is 4.68 Å². The van der Waals surface area contributed by atoms with Gasteiger partial charge in [-0.3, -0.25) is 9.89 Å². The molecular weight excluding hydrogens is 212 g/mol. The number of H-pyrrole nitrogens is 1. The third kappa shape index (κ3) is 1.62. The van der Waals surface area contributed by atoms with Gasteiger partial charge in [-0.05, 0) is 44.2 Å². The van der Waals surface area contributed by atoms with Crippen molar-refractivity contribution in [3.63, 3.8) is 0 Å². The number of rotatable bonds is 1. The average molecular weight is 228 g/mol. The first-order chi connectivity index (χ1) is 8.27. The van der Waals surface area contributed by atoms with Gasteiger partial charge in [0.25, 0.3) is 5.56 Å². The summed E-state index contributed by atoms with van der Waals surface area (Å²) in [5.74, 6) is 0. The Hall–Kier alpha value is -1.77. The topological polar surface area (TPSA) is 37.8 Å². The number of aryl methyl sites for hydroxylation is 2. The van der Waals surface area contributed by atoms with Crippen LogP contribution in [-0.4, -0.2) is 9.78 Å². The van der Waals surface area contributed by atoms with E-state index < -0.39 is 0 Å². The van der Waals surface area contributed by atoms with Gasteiger partial charge in [0.15, 0.2) is 0 Å². The number of benzene rings is 1. The van der Waals surface area contributed by atoms with E-state index in [4.69, 9.17) is 0 Å². The summed E-state index contributed by atoms with van der Waals surface area (Å²) < 4.78 is 1.70. The lowest BCUT2D eigenvalue weighted by atomic mass is 9.98. The van der Waals surface area contributed by atoms with Crippen LogP contribution in [0, 0.1) is 6.92 Å². The van der Waals surface area contributed by atoms with Gasteiger partial charge in [-0.15, -0.1) is 0 Å². The molecule has 0 atom stereocenters. The Kier molecular flexibility index (Phi) is 2.39. The number of fused-ring (bicyclic) bond motifs is 1. The van der Waals surface area contributed by atoms with Gasteiger partial charge in [0, 0.05) is 11.3 Å². The largest absolute Gasteiger partial charge is 0.295 e. The van der Waals surface area contributed by atoms with Crippen LogP contribution < -0.4 is 5.56 Å². The average Bonchev–Trinajstić information content (AvgIpc) is 2.68. The summed E-state index contributed by atoms with van der Waals surface area (Å²) in [4.78, 5) is 12.3. The van der Waals surface area contributed by atoms with Gasteiger partial charge in [-0.1, -0.05) is 18.2 Å². The van der Waals surface area contributed by atoms with Crippen LogP contribution in [0.25, 0.3) is 5.69 Å². The van der Waals surface area contributed by atoms with Crippen molar-refractivity contribution < 1.29 is 0 Å². The van der Waals surface area contributed by atoms with E-state index in [1.165, 1.54) is 6.42 Å². The summed E-state index contributed by atoms with van der Waals surface area (Å²) in [5.41, 5.74) is 4.33. The molecule has 0 unspecified atom stereocenters. The number of aromatic nitrogens is 2. The molecule has 0 saturated carbocycles. The Morgan fingerprint density at radius 2 is 1.94 bits per heavy atom. The molecule has 3 heteroatoms. The summed E-state index contributed by atoms with van der Waals surface area (Å²) in [5, 5.41) is 3.26. The maximum Gasteiger partial charge on any atom is 0.274 e. The molecule has 3 rings (SSSR count). The predicted octanol–water partition coefficient (Wildman–Crippen LogP) is 2.35. The summed E-state index contributed by atoms with van der Waals surface area (Å²) >= 11 is 0. The molecule has 1 aromatic carbocycles. The highest BCUT2D eigenvalue weighted by Gasteiger charge is 2.18. The Labute approximate surface area is 100 Å². The second kappa shape index (κ2) is 3.91. The third-order valence-corrected chi connectivity index (χ3v) is 3.53. The molecule has 0 radical (unpaired) electrons. The van der Waals surface area contributed by atoms with Gasteiger partial charge in [0.1, 0.15) is 0 Å². The third-order valence-electron chi connectivity index (χ3n) is 3.53. The lowest BCUT2D eigenvalue weighted by Gasteiger charge is -2.07. The number of nitrogens with zero attached hydrogens (tertiary/aromatic N) is 1. The zero-order chi connectivity index (χ0) is 11.8. The van der Waals surface area contributed by atoms with E-state index in [1.54, 1.807) is 4.68 Å². The maximum absolute atomic E-state index is 12.3. The van der Waals surface area contributed by atoms with E-state index in [1.807, 2.05) is 31.2 Å². The molecule has 0 amide bonds. The smallest absolute Gasteiger partial charge is 0.274 e. The fourth-order valence-corrected chi connectivity index (χ4v) is 2.57. The zero-order valence-electron chi connectivity index (χ0n) is 9.99. The van der Waals surface area contributed by atoms with Crippen molar-refractivity contribution in [2.45, 2.75) is 32.6 Å². The summed E-state index contributed by atoms with van der Waals surface area (Å²) in [7, 11) is 0. The van der Waals surface area contributed by atoms with Gasteiger partial charge in [-0.2, -0.15) is 0 Å². The van der Waals surface area contributed by atoms with E-state index in [9.17, 15) is 4.79 Å². The van der Waals surface area contributed by atoms with Crippen molar-refractivity contribution in [2.24, 2.45) is 0 Å². The van der Waals surface area contributed by atoms with Crippen molar-refractivity contribution >= 4 is 0 Å². The molecule has 0 spiro atoms. The van der Waals surface area contributed by atoms with Crippen molar-refractivity contribution in [3.8, 4) is 5.69 Å². The van der Waals surface area contributed by atoms with Gasteiger partial charge in [0.2, 0.25) is 0 Å². The Bertz CT molecular complexity index is 607. The van der Waals surface area contributed by atoms with Crippen molar-refractivity contribution in [1.29, 1.82) is 0 Å². The second-order valence-corrected chi connectivity index (χ2v) is 4.70. The normalized spacial score (nSPS) is 14.6. The van der Waals surface area contributed by atoms with Crippen LogP contribution in [0.3, 0.4) is 0 Å². The molecule has 1 aliphatic rings. The Morgan fingerprint density at radius 1 is 1.18 bits per heavy atom. The molecule has 1 aliphatic carbocycles. The maximum atomic E-state index is 12.3. The number of hydrogen-bond donors (Lipinski definition) is 1. The number of nitrogens with one attached hydrogen (secondary N) is 1. The summed E-state index contributed by atoms with van der Waals surface area (Å²) in [6.07, 6.45) is 4.24. The minimum atomic E-state index is 0.133. The lowest BCUT2D eigenvalue weighted by molar-refractivity contribution is 0.670. The van der Waals surface area contributed by atoms with Crippen LogP contribution in [0.5, 0.6) is 0 Å². The van der Waals surface area contributed by atoms with Crippen molar-refractivity contribution in [2.75, 3.05) is 0 Å². The SMILES string of the molecule is Cc1ccccc1-n1[nH]c2c(c1=O)CCCC2. The highest BCUT2D eigenvalue weighted by Crippen LogP contribution is 2.18. The first-order valence-electron chi connectivity index (χ1n) is 6.16. The van der Waals surface area contributed by atoms with Crippen molar-refractivity contribution in [1.82, 2.24) is 9.78 Å². The molecule has 1 aromatic heterocycles. The molecule has 0 bridgehead atoms. The molecule has 3 nitrogen and oxygen atoms in total. The van der Waals surface area contributed by atoms with Crippen LogP contribution in [0.1, 0.15) is 29.7 Å². The van der Waals surface area contributed by atoms with Gasteiger partial charge < -0.3 is 0 Å². The standard InChI is InChI=1S/C14H16N2O/c1-10-6-2-5-9-13(10)16-14(17)11-7-3-4-8-12(11)15-16/h2,5-6,9,15H,3-4,7-8H2,1H3. The van der Waals surface area contributed by atoms with Gasteiger partial charge in [0.05, 0.1) is 5.69 Å². The highest BCUT2D eigenvalue weighted by atomic mass is 16.1. The number of para-hydroxylation sites is 1. The van der Waals surface area contributed by atoms with Gasteiger partial charge >= 0.3 is 0 Å². The summed E-state index contributed by atoms with van der Waals surface area (Å²) in [6, 6.07) is 7.97. The second-order valence-electron chi connectivity index (χ2n) is 4.70. The fraction of sp³-hybridized carbons (Fsp3) is 0.357. The minimum Gasteiger partial charge on any atom is -0.295 e. The monoisotopic (exact) mass is 228 g/mol. The molecule has 1 N–H and O–H groups in total. The van der Waals surface area contributed by atoms with E-state index in [0.29, 0.717) is 0 Å². The van der Waals surface area contributed by atoms with Crippen LogP contribution in [0.4, 0.5) is 0 Å². The van der Waals surface area contributed by atoms with E-state index in [2.05, 4.69) is 5.10 Å². The zero-order valence-corrected chi connectivity index (χ0v) is 9.99. The van der Waals surface area contributed by atoms with E-state index in [0.717, 1.165) is 41.8 Å². The number of aromatic amines is 1. The molecule has 0 aliphatic heterocycles. The summed E-state index contributed by atoms with van der Waals surface area (Å²) in [6.45, 7) is 2.03. The molecule has 1 heterocycles. The van der Waals surface area contributed by atoms with Crippen LogP contribution in [0.2, 0.25) is 0 Å². The first kappa shape index (κ1) is 10.4. The fourth-order valence-electron chi connectivity index (χ4n) is 2.57. The highest BCUT2D eigenvalue weighted by molar-refractivity contribution is 5.40. The quantitative estimate of drug-likeness (QED) is 0.799. The molecule has 0 fully saturated rings. The predicted molar refractivity (Wildman–Crippen MR) is 67.8 cm³/mol. The molecule has 2 aromatic rings. The first-order valence-corrected chi connectivity index (χ1v) is 6.16. The minimum absolute atomic E-state index is 0.133. The molecule has 0 saturated heterocycles. The van der Waals surface area contributed by atoms with E-state index >= 15 is 0 Å². The van der Waals surface area contributed by atoms with Crippen LogP contribution in [0.15, 0.2) is 29.1 Å².